The molecule has 3 N–H and O–H groups in total. The van der Waals surface area contributed by atoms with Gasteiger partial charge < -0.3 is 29.4 Å². The van der Waals surface area contributed by atoms with Crippen LogP contribution in [0, 0.1) is 0 Å². The minimum atomic E-state index is -1.10. The van der Waals surface area contributed by atoms with Crippen molar-refractivity contribution in [3.8, 4) is 0 Å². The van der Waals surface area contributed by atoms with Crippen molar-refractivity contribution >= 4 is 17.8 Å². The number of rotatable bonds is 9. The van der Waals surface area contributed by atoms with Gasteiger partial charge in [-0.3, -0.25) is 14.9 Å². The van der Waals surface area contributed by atoms with Crippen LogP contribution in [-0.4, -0.2) is 62.6 Å². The Kier molecular flexibility index (Phi) is 7.26. The highest BCUT2D eigenvalue weighted by Crippen LogP contribution is 2.43. The van der Waals surface area contributed by atoms with Crippen molar-refractivity contribution < 1.29 is 33.6 Å². The molecule has 6 rings (SSSR count). The number of nitrogens with zero attached hydrogens (tertiary/aromatic N) is 3. The molecule has 13 nitrogen and oxygen atoms in total. The van der Waals surface area contributed by atoms with E-state index in [-0.39, 0.29) is 36.3 Å². The molecule has 13 heteroatoms. The number of hydrogen-bond donors (Lipinski definition) is 3. The van der Waals surface area contributed by atoms with Gasteiger partial charge in [0.1, 0.15) is 24.1 Å². The number of fused-ring (bicyclic) bond motifs is 1. The molecule has 2 unspecified atom stereocenters. The number of benzene rings is 1. The van der Waals surface area contributed by atoms with E-state index in [4.69, 9.17) is 18.9 Å². The molecule has 208 valence electrons. The highest BCUT2D eigenvalue weighted by atomic mass is 16.8. The summed E-state index contributed by atoms with van der Waals surface area (Å²) >= 11 is 0. The van der Waals surface area contributed by atoms with Crippen LogP contribution in [0.15, 0.2) is 65.7 Å². The fraction of sp³-hybridized carbons (Fsp3) is 0.370. The number of amides is 2. The lowest BCUT2D eigenvalue weighted by Gasteiger charge is -2.22. The molecule has 1 saturated carbocycles. The van der Waals surface area contributed by atoms with Gasteiger partial charge in [0.25, 0.3) is 0 Å². The number of aromatic carboxylic acids is 1. The van der Waals surface area contributed by atoms with Gasteiger partial charge in [0.2, 0.25) is 0 Å². The van der Waals surface area contributed by atoms with Crippen molar-refractivity contribution in [2.24, 2.45) is 0 Å². The van der Waals surface area contributed by atoms with E-state index in [0.29, 0.717) is 0 Å². The monoisotopic (exact) mass is 549 g/mol. The molecule has 0 bridgehead atoms. The van der Waals surface area contributed by atoms with Gasteiger partial charge in [-0.1, -0.05) is 30.3 Å². The number of carboxylic acids is 1. The summed E-state index contributed by atoms with van der Waals surface area (Å²) in [6.45, 7) is -0.0283. The van der Waals surface area contributed by atoms with E-state index in [1.807, 2.05) is 30.3 Å². The third kappa shape index (κ3) is 5.58. The van der Waals surface area contributed by atoms with E-state index < -0.39 is 48.5 Å². The summed E-state index contributed by atoms with van der Waals surface area (Å²) in [5.74, 6) is -0.985. The first-order valence-corrected chi connectivity index (χ1v) is 12.9. The number of hydrogen-bond acceptors (Lipinski definition) is 9. The van der Waals surface area contributed by atoms with E-state index in [9.17, 15) is 19.5 Å². The quantitative estimate of drug-likeness (QED) is 0.361. The first-order chi connectivity index (χ1) is 19.5. The molecule has 40 heavy (non-hydrogen) atoms. The molecule has 2 aliphatic heterocycles. The van der Waals surface area contributed by atoms with Gasteiger partial charge >= 0.3 is 17.7 Å². The van der Waals surface area contributed by atoms with Gasteiger partial charge in [0.05, 0.1) is 24.5 Å². The van der Waals surface area contributed by atoms with Crippen molar-refractivity contribution in [2.75, 3.05) is 11.9 Å². The summed E-state index contributed by atoms with van der Waals surface area (Å²) < 4.78 is 25.7. The van der Waals surface area contributed by atoms with Gasteiger partial charge in [0.15, 0.2) is 12.5 Å². The Morgan fingerprint density at radius 2 is 1.85 bits per heavy atom. The Bertz CT molecular complexity index is 1450. The first kappa shape index (κ1) is 26.1. The minimum Gasteiger partial charge on any atom is -0.478 e. The van der Waals surface area contributed by atoms with Crippen LogP contribution >= 0.6 is 0 Å². The molecule has 3 fully saturated rings. The van der Waals surface area contributed by atoms with E-state index in [1.54, 1.807) is 6.07 Å². The molecule has 1 aromatic carbocycles. The molecule has 2 amide bonds. The third-order valence-corrected chi connectivity index (χ3v) is 6.82. The number of carbonyl (C=O) groups is 2. The zero-order valence-corrected chi connectivity index (χ0v) is 21.2. The number of nitrogens with one attached hydrogen (secondary N) is 2. The van der Waals surface area contributed by atoms with Gasteiger partial charge in [-0.15, -0.1) is 0 Å². The average Bonchev–Trinajstić information content (AvgIpc) is 3.54. The smallest absolute Gasteiger partial charge is 0.351 e. The molecule has 5 atom stereocenters. The first-order valence-electron chi connectivity index (χ1n) is 12.9. The molecule has 0 spiro atoms. The van der Waals surface area contributed by atoms with Gasteiger partial charge in [-0.25, -0.2) is 14.4 Å². The highest BCUT2D eigenvalue weighted by Gasteiger charge is 2.54. The SMILES string of the molecule is O=C(Nc1ccn([C@@H]2O[C@H](COCc3ncccc3C(=O)O)C3O[C@H](c4ccccc4)OC32)c(=O)n1)NC1CC1. The van der Waals surface area contributed by atoms with Crippen LogP contribution in [0.4, 0.5) is 10.6 Å². The summed E-state index contributed by atoms with van der Waals surface area (Å²) in [4.78, 5) is 44.7. The number of urea groups is 1. The summed E-state index contributed by atoms with van der Waals surface area (Å²) in [5.41, 5.74) is 0.496. The Morgan fingerprint density at radius 1 is 1.05 bits per heavy atom. The van der Waals surface area contributed by atoms with Crippen LogP contribution in [0.5, 0.6) is 0 Å². The second-order valence-electron chi connectivity index (χ2n) is 9.70. The average molecular weight is 550 g/mol. The normalized spacial score (nSPS) is 25.4. The van der Waals surface area contributed by atoms with E-state index in [1.165, 1.54) is 29.1 Å². The van der Waals surface area contributed by atoms with Crippen molar-refractivity contribution in [2.45, 2.75) is 56.3 Å². The van der Waals surface area contributed by atoms with E-state index in [2.05, 4.69) is 20.6 Å². The lowest BCUT2D eigenvalue weighted by atomic mass is 10.1. The molecule has 0 radical (unpaired) electrons. The maximum absolute atomic E-state index is 13.0. The van der Waals surface area contributed by atoms with Crippen LogP contribution in [0.2, 0.25) is 0 Å². The second-order valence-corrected chi connectivity index (χ2v) is 9.70. The lowest BCUT2D eigenvalue weighted by Crippen LogP contribution is -2.35. The highest BCUT2D eigenvalue weighted by molar-refractivity contribution is 5.89. The van der Waals surface area contributed by atoms with Crippen LogP contribution < -0.4 is 16.3 Å². The minimum absolute atomic E-state index is 0.0291. The Morgan fingerprint density at radius 3 is 2.60 bits per heavy atom. The zero-order valence-electron chi connectivity index (χ0n) is 21.2. The summed E-state index contributed by atoms with van der Waals surface area (Å²) in [6.07, 6.45) is 1.38. The fourth-order valence-corrected chi connectivity index (χ4v) is 4.72. The predicted molar refractivity (Wildman–Crippen MR) is 137 cm³/mol. The molecule has 3 aliphatic rings. The maximum Gasteiger partial charge on any atom is 0.351 e. The number of aromatic nitrogens is 3. The Balaban J connectivity index is 1.19. The summed E-state index contributed by atoms with van der Waals surface area (Å²) in [6, 6.07) is 13.6. The predicted octanol–water partition coefficient (Wildman–Crippen LogP) is 2.22. The van der Waals surface area contributed by atoms with Crippen molar-refractivity contribution in [3.05, 3.63) is 88.2 Å². The topological polar surface area (TPSA) is 163 Å². The van der Waals surface area contributed by atoms with Crippen molar-refractivity contribution in [1.82, 2.24) is 19.9 Å². The molecule has 2 saturated heterocycles. The van der Waals surface area contributed by atoms with Gasteiger partial charge in [0, 0.05) is 24.0 Å². The number of pyridine rings is 1. The van der Waals surface area contributed by atoms with E-state index >= 15 is 0 Å². The van der Waals surface area contributed by atoms with Crippen molar-refractivity contribution in [3.63, 3.8) is 0 Å². The van der Waals surface area contributed by atoms with Crippen LogP contribution in [0.3, 0.4) is 0 Å². The number of carbonyl (C=O) groups excluding carboxylic acids is 1. The van der Waals surface area contributed by atoms with E-state index in [0.717, 1.165) is 18.4 Å². The Hall–Kier alpha value is -4.17. The summed E-state index contributed by atoms with van der Waals surface area (Å²) in [7, 11) is 0. The molecular formula is C27H27N5O8. The number of anilines is 1. The van der Waals surface area contributed by atoms with Gasteiger partial charge in [-0.05, 0) is 31.0 Å². The third-order valence-electron chi connectivity index (χ3n) is 6.82. The van der Waals surface area contributed by atoms with Crippen LogP contribution in [0.25, 0.3) is 0 Å². The van der Waals surface area contributed by atoms with Crippen molar-refractivity contribution in [1.29, 1.82) is 0 Å². The van der Waals surface area contributed by atoms with Crippen LogP contribution in [-0.2, 0) is 25.6 Å². The Labute approximate surface area is 228 Å². The largest absolute Gasteiger partial charge is 0.478 e. The van der Waals surface area contributed by atoms with Gasteiger partial charge in [-0.2, -0.15) is 4.98 Å². The zero-order chi connectivity index (χ0) is 27.6. The fourth-order valence-electron chi connectivity index (χ4n) is 4.72. The maximum atomic E-state index is 13.0. The number of ether oxygens (including phenoxy) is 4. The number of carboxylic acid groups (broad SMARTS) is 1. The second kappa shape index (κ2) is 11.1. The molecular weight excluding hydrogens is 522 g/mol. The standard InChI is InChI=1S/C27H27N5O8/c33-24(34)17-7-4-11-28-18(17)13-37-14-19-21-22(40-25(39-21)15-5-2-1-3-6-15)23(38-19)32-12-10-20(31-27(32)36)30-26(35)29-16-8-9-16/h1-7,10-12,16,19,21-23,25H,8-9,13-14H2,(H,33,34)(H2,29,30,31,35,36)/t19-,21?,22?,23-,25+/m1/s1. The molecule has 1 aliphatic carbocycles. The lowest BCUT2D eigenvalue weighted by molar-refractivity contribution is -0.159. The summed E-state index contributed by atoms with van der Waals surface area (Å²) in [5, 5.41) is 14.8. The van der Waals surface area contributed by atoms with Crippen LogP contribution in [0.1, 0.15) is 47.0 Å². The molecule has 4 heterocycles. The molecule has 3 aromatic rings. The molecule has 2 aromatic heterocycles.